The summed E-state index contributed by atoms with van der Waals surface area (Å²) >= 11 is 0. The molecule has 0 aromatic heterocycles. The third-order valence-electron chi connectivity index (χ3n) is 3.38. The van der Waals surface area contributed by atoms with Crippen molar-refractivity contribution in [1.82, 2.24) is 10.2 Å². The maximum absolute atomic E-state index is 12.2. The molecule has 0 spiro atoms. The highest BCUT2D eigenvalue weighted by Crippen LogP contribution is 2.08. The van der Waals surface area contributed by atoms with Crippen molar-refractivity contribution in [3.63, 3.8) is 0 Å². The predicted molar refractivity (Wildman–Crippen MR) is 73.8 cm³/mol. The molecular formula is C14H28N2O2. The van der Waals surface area contributed by atoms with Gasteiger partial charge in [-0.25, -0.2) is 4.79 Å². The Morgan fingerprint density at radius 3 is 2.78 bits per heavy atom. The van der Waals surface area contributed by atoms with Crippen LogP contribution in [0.25, 0.3) is 0 Å². The number of amides is 2. The summed E-state index contributed by atoms with van der Waals surface area (Å²) in [6.07, 6.45) is 6.62. The molecule has 1 rings (SSSR count). The summed E-state index contributed by atoms with van der Waals surface area (Å²) in [6.45, 7) is 7.34. The van der Waals surface area contributed by atoms with Crippen molar-refractivity contribution >= 4 is 6.03 Å². The molecule has 1 unspecified atom stereocenters. The highest BCUT2D eigenvalue weighted by atomic mass is 16.5. The molecule has 1 saturated heterocycles. The number of rotatable bonds is 6. The highest BCUT2D eigenvalue weighted by Gasteiger charge is 2.18. The molecule has 1 heterocycles. The zero-order valence-corrected chi connectivity index (χ0v) is 11.9. The van der Waals surface area contributed by atoms with Crippen LogP contribution in [0.1, 0.15) is 52.4 Å². The van der Waals surface area contributed by atoms with Gasteiger partial charge in [0.05, 0.1) is 6.61 Å². The average molecular weight is 256 g/mol. The molecule has 1 aliphatic heterocycles. The molecule has 1 fully saturated rings. The minimum Gasteiger partial charge on any atom is -0.380 e. The van der Waals surface area contributed by atoms with E-state index < -0.39 is 0 Å². The fraction of sp³-hybridized carbons (Fsp3) is 0.929. The molecule has 0 aromatic rings. The zero-order valence-electron chi connectivity index (χ0n) is 11.9. The van der Waals surface area contributed by atoms with Gasteiger partial charge in [-0.2, -0.15) is 0 Å². The lowest BCUT2D eigenvalue weighted by molar-refractivity contribution is 0.141. The maximum atomic E-state index is 12.2. The molecule has 0 bridgehead atoms. The van der Waals surface area contributed by atoms with Crippen molar-refractivity contribution in [1.29, 1.82) is 0 Å². The Morgan fingerprint density at radius 1 is 1.22 bits per heavy atom. The van der Waals surface area contributed by atoms with E-state index in [2.05, 4.69) is 19.2 Å². The number of nitrogens with one attached hydrogen (secondary N) is 1. The zero-order chi connectivity index (χ0) is 13.2. The van der Waals surface area contributed by atoms with Crippen LogP contribution in [0.4, 0.5) is 4.79 Å². The Bertz CT molecular complexity index is 226. The van der Waals surface area contributed by atoms with Gasteiger partial charge in [-0.15, -0.1) is 0 Å². The van der Waals surface area contributed by atoms with Crippen LogP contribution in [-0.4, -0.2) is 43.3 Å². The Morgan fingerprint density at radius 2 is 2.06 bits per heavy atom. The minimum atomic E-state index is 0.0926. The first-order valence-corrected chi connectivity index (χ1v) is 7.41. The normalized spacial score (nSPS) is 18.2. The van der Waals surface area contributed by atoms with Crippen molar-refractivity contribution in [2.75, 3.05) is 26.3 Å². The highest BCUT2D eigenvalue weighted by molar-refractivity contribution is 5.74. The lowest BCUT2D eigenvalue weighted by atomic mass is 10.1. The standard InChI is InChI=1S/C14H28N2O2/c1-3-5-8-13(7-4-2)15-14(17)16-9-6-11-18-12-10-16/h13H,3-12H2,1-2H3,(H,15,17). The smallest absolute Gasteiger partial charge is 0.317 e. The lowest BCUT2D eigenvalue weighted by Gasteiger charge is -2.25. The van der Waals surface area contributed by atoms with E-state index in [1.54, 1.807) is 0 Å². The van der Waals surface area contributed by atoms with Gasteiger partial charge < -0.3 is 15.0 Å². The van der Waals surface area contributed by atoms with E-state index in [0.717, 1.165) is 45.4 Å². The van der Waals surface area contributed by atoms with Crippen LogP contribution in [-0.2, 0) is 4.74 Å². The number of carbonyl (C=O) groups is 1. The largest absolute Gasteiger partial charge is 0.380 e. The monoisotopic (exact) mass is 256 g/mol. The summed E-state index contributed by atoms with van der Waals surface area (Å²) in [7, 11) is 0. The van der Waals surface area contributed by atoms with Gasteiger partial charge in [-0.3, -0.25) is 0 Å². The molecule has 1 N–H and O–H groups in total. The first-order valence-electron chi connectivity index (χ1n) is 7.41. The SMILES string of the molecule is CCCCC(CCC)NC(=O)N1CCCOCC1. The fourth-order valence-corrected chi connectivity index (χ4v) is 2.30. The van der Waals surface area contributed by atoms with Crippen molar-refractivity contribution in [3.05, 3.63) is 0 Å². The van der Waals surface area contributed by atoms with Crippen LogP contribution in [0.5, 0.6) is 0 Å². The van der Waals surface area contributed by atoms with Crippen molar-refractivity contribution in [3.8, 4) is 0 Å². The summed E-state index contributed by atoms with van der Waals surface area (Å²) in [6, 6.07) is 0.432. The maximum Gasteiger partial charge on any atom is 0.317 e. The van der Waals surface area contributed by atoms with E-state index in [1.165, 1.54) is 12.8 Å². The molecular weight excluding hydrogens is 228 g/mol. The summed E-state index contributed by atoms with van der Waals surface area (Å²) in [5, 5.41) is 3.18. The van der Waals surface area contributed by atoms with Crippen molar-refractivity contribution < 1.29 is 9.53 Å². The van der Waals surface area contributed by atoms with E-state index in [1.807, 2.05) is 4.90 Å². The molecule has 4 nitrogen and oxygen atoms in total. The molecule has 1 atom stereocenters. The third-order valence-corrected chi connectivity index (χ3v) is 3.38. The molecule has 0 aliphatic carbocycles. The average Bonchev–Trinajstić information content (AvgIpc) is 2.65. The first-order chi connectivity index (χ1) is 8.77. The van der Waals surface area contributed by atoms with E-state index >= 15 is 0 Å². The molecule has 0 saturated carbocycles. The summed E-state index contributed by atoms with van der Waals surface area (Å²) in [4.78, 5) is 14.0. The van der Waals surface area contributed by atoms with Gasteiger partial charge in [0, 0.05) is 25.7 Å². The molecule has 0 radical (unpaired) electrons. The van der Waals surface area contributed by atoms with Crippen LogP contribution >= 0.6 is 0 Å². The van der Waals surface area contributed by atoms with Crippen molar-refractivity contribution in [2.45, 2.75) is 58.4 Å². The van der Waals surface area contributed by atoms with Crippen LogP contribution in [0.3, 0.4) is 0 Å². The number of hydrogen-bond donors (Lipinski definition) is 1. The second-order valence-corrected chi connectivity index (χ2v) is 5.03. The fourth-order valence-electron chi connectivity index (χ4n) is 2.30. The first kappa shape index (κ1) is 15.3. The molecule has 4 heteroatoms. The van der Waals surface area contributed by atoms with E-state index in [0.29, 0.717) is 12.6 Å². The Kier molecular flexibility index (Phi) is 7.81. The summed E-state index contributed by atoms with van der Waals surface area (Å²) in [5.41, 5.74) is 0. The quantitative estimate of drug-likeness (QED) is 0.794. The second-order valence-electron chi connectivity index (χ2n) is 5.03. The van der Waals surface area contributed by atoms with E-state index in [9.17, 15) is 4.79 Å². The molecule has 2 amide bonds. The lowest BCUT2D eigenvalue weighted by Crippen LogP contribution is -2.45. The summed E-state index contributed by atoms with van der Waals surface area (Å²) in [5.74, 6) is 0. The molecule has 0 aromatic carbocycles. The number of ether oxygens (including phenoxy) is 1. The minimum absolute atomic E-state index is 0.0926. The number of hydrogen-bond acceptors (Lipinski definition) is 2. The number of nitrogens with zero attached hydrogens (tertiary/aromatic N) is 1. The Hall–Kier alpha value is -0.770. The van der Waals surface area contributed by atoms with Gasteiger partial charge in [0.1, 0.15) is 0 Å². The van der Waals surface area contributed by atoms with E-state index in [-0.39, 0.29) is 6.03 Å². The number of urea groups is 1. The number of carbonyl (C=O) groups excluding carboxylic acids is 1. The van der Waals surface area contributed by atoms with Crippen molar-refractivity contribution in [2.24, 2.45) is 0 Å². The third kappa shape index (κ3) is 5.71. The predicted octanol–water partition coefficient (Wildman–Crippen LogP) is 2.78. The van der Waals surface area contributed by atoms with Crippen LogP contribution in [0.15, 0.2) is 0 Å². The Labute approximate surface area is 111 Å². The van der Waals surface area contributed by atoms with Crippen LogP contribution < -0.4 is 5.32 Å². The van der Waals surface area contributed by atoms with Crippen LogP contribution in [0.2, 0.25) is 0 Å². The molecule has 1 aliphatic rings. The topological polar surface area (TPSA) is 41.6 Å². The van der Waals surface area contributed by atoms with E-state index in [4.69, 9.17) is 4.74 Å². The van der Waals surface area contributed by atoms with Crippen LogP contribution in [0, 0.1) is 0 Å². The van der Waals surface area contributed by atoms with Gasteiger partial charge in [0.25, 0.3) is 0 Å². The van der Waals surface area contributed by atoms with Gasteiger partial charge in [0.15, 0.2) is 0 Å². The molecule has 18 heavy (non-hydrogen) atoms. The van der Waals surface area contributed by atoms with Gasteiger partial charge in [0.2, 0.25) is 0 Å². The molecule has 106 valence electrons. The number of unbranched alkanes of at least 4 members (excludes halogenated alkanes) is 1. The van der Waals surface area contributed by atoms with Gasteiger partial charge in [-0.05, 0) is 19.3 Å². The van der Waals surface area contributed by atoms with Gasteiger partial charge in [-0.1, -0.05) is 33.1 Å². The van der Waals surface area contributed by atoms with Gasteiger partial charge >= 0.3 is 6.03 Å². The second kappa shape index (κ2) is 9.20. The summed E-state index contributed by atoms with van der Waals surface area (Å²) < 4.78 is 5.37. The Balaban J connectivity index is 2.37.